The molecule has 1 fully saturated rings. The fourth-order valence-electron chi connectivity index (χ4n) is 2.97. The van der Waals surface area contributed by atoms with Crippen LogP contribution in [0.25, 0.3) is 11.5 Å². The molecule has 0 spiro atoms. The summed E-state index contributed by atoms with van der Waals surface area (Å²) in [5.41, 5.74) is -0.608. The van der Waals surface area contributed by atoms with E-state index in [4.69, 9.17) is 4.74 Å². The Labute approximate surface area is 144 Å². The van der Waals surface area contributed by atoms with E-state index < -0.39 is 11.9 Å². The lowest BCUT2D eigenvalue weighted by Crippen LogP contribution is -2.13. The van der Waals surface area contributed by atoms with Crippen molar-refractivity contribution in [2.24, 2.45) is 7.05 Å². The van der Waals surface area contributed by atoms with Gasteiger partial charge in [-0.15, -0.1) is 0 Å². The Morgan fingerprint density at radius 2 is 2.08 bits per heavy atom. The van der Waals surface area contributed by atoms with Crippen LogP contribution in [0.15, 0.2) is 6.07 Å². The molecule has 138 valence electrons. The lowest BCUT2D eigenvalue weighted by molar-refractivity contribution is -0.141. The number of nitrogens with zero attached hydrogens (tertiary/aromatic N) is 5. The third kappa shape index (κ3) is 3.86. The van der Waals surface area contributed by atoms with Crippen molar-refractivity contribution in [3.8, 4) is 11.5 Å². The second-order valence-corrected chi connectivity index (χ2v) is 6.31. The third-order valence-electron chi connectivity index (χ3n) is 4.33. The van der Waals surface area contributed by atoms with Gasteiger partial charge in [0.2, 0.25) is 0 Å². The molecule has 0 saturated carbocycles. The molecular formula is C16H22F3N5O. The Morgan fingerprint density at radius 3 is 2.68 bits per heavy atom. The van der Waals surface area contributed by atoms with Gasteiger partial charge in [-0.1, -0.05) is 19.8 Å². The van der Waals surface area contributed by atoms with Crippen molar-refractivity contribution in [2.75, 3.05) is 13.2 Å². The Kier molecular flexibility index (Phi) is 5.12. The molecule has 0 N–H and O–H groups in total. The third-order valence-corrected chi connectivity index (χ3v) is 4.33. The molecule has 3 rings (SSSR count). The molecule has 1 atom stereocenters. The van der Waals surface area contributed by atoms with Gasteiger partial charge >= 0.3 is 6.18 Å². The maximum absolute atomic E-state index is 13.0. The normalized spacial score (nSPS) is 18.2. The van der Waals surface area contributed by atoms with Crippen molar-refractivity contribution < 1.29 is 17.9 Å². The Bertz CT molecular complexity index is 716. The van der Waals surface area contributed by atoms with Crippen LogP contribution in [0.2, 0.25) is 0 Å². The monoisotopic (exact) mass is 357 g/mol. The van der Waals surface area contributed by atoms with Crippen molar-refractivity contribution in [2.45, 2.75) is 51.2 Å². The van der Waals surface area contributed by atoms with Gasteiger partial charge in [0.05, 0.1) is 12.6 Å². The standard InChI is InChI=1S/C16H22F3N5O/c1-3-4-5-6-14-20-15(24(22-14)11-7-8-25-10-11)12-9-13(16(17,18)19)21-23(12)2/h9,11H,3-8,10H2,1-2H3. The molecule has 0 aliphatic carbocycles. The van der Waals surface area contributed by atoms with Crippen molar-refractivity contribution >= 4 is 0 Å². The molecule has 1 aliphatic heterocycles. The zero-order chi connectivity index (χ0) is 18.0. The largest absolute Gasteiger partial charge is 0.435 e. The maximum atomic E-state index is 13.0. The number of hydrogen-bond acceptors (Lipinski definition) is 4. The molecule has 1 aliphatic rings. The number of aryl methyl sites for hydroxylation is 2. The minimum absolute atomic E-state index is 0.00772. The van der Waals surface area contributed by atoms with E-state index in [9.17, 15) is 13.2 Å². The van der Waals surface area contributed by atoms with Crippen LogP contribution < -0.4 is 0 Å². The van der Waals surface area contributed by atoms with E-state index >= 15 is 0 Å². The van der Waals surface area contributed by atoms with Crippen LogP contribution in [-0.2, 0) is 24.4 Å². The van der Waals surface area contributed by atoms with Crippen molar-refractivity contribution in [3.63, 3.8) is 0 Å². The number of aromatic nitrogens is 5. The average molecular weight is 357 g/mol. The summed E-state index contributed by atoms with van der Waals surface area (Å²) in [5, 5.41) is 8.15. The Balaban J connectivity index is 1.97. The highest BCUT2D eigenvalue weighted by molar-refractivity contribution is 5.51. The molecule has 25 heavy (non-hydrogen) atoms. The smallest absolute Gasteiger partial charge is 0.379 e. The van der Waals surface area contributed by atoms with Crippen molar-refractivity contribution in [1.82, 2.24) is 24.5 Å². The molecule has 0 aromatic carbocycles. The highest BCUT2D eigenvalue weighted by atomic mass is 19.4. The molecule has 9 heteroatoms. The second-order valence-electron chi connectivity index (χ2n) is 6.31. The molecule has 1 unspecified atom stereocenters. The van der Waals surface area contributed by atoms with Gasteiger partial charge in [0.1, 0.15) is 5.69 Å². The van der Waals surface area contributed by atoms with E-state index in [1.54, 1.807) is 4.68 Å². The average Bonchev–Trinajstić information content (AvgIpc) is 3.24. The quantitative estimate of drug-likeness (QED) is 0.744. The number of ether oxygens (including phenoxy) is 1. The second kappa shape index (κ2) is 7.15. The van der Waals surface area contributed by atoms with Gasteiger partial charge in [-0.25, -0.2) is 9.67 Å². The van der Waals surface area contributed by atoms with Crippen molar-refractivity contribution in [3.05, 3.63) is 17.6 Å². The summed E-state index contributed by atoms with van der Waals surface area (Å²) in [6.07, 6.45) is 0.114. The van der Waals surface area contributed by atoms with Gasteiger partial charge in [-0.3, -0.25) is 4.68 Å². The predicted molar refractivity (Wildman–Crippen MR) is 84.9 cm³/mol. The fourth-order valence-corrected chi connectivity index (χ4v) is 2.97. The highest BCUT2D eigenvalue weighted by Gasteiger charge is 2.36. The van der Waals surface area contributed by atoms with Crippen molar-refractivity contribution in [1.29, 1.82) is 0 Å². The molecule has 0 amide bonds. The molecular weight excluding hydrogens is 335 g/mol. The number of alkyl halides is 3. The van der Waals surface area contributed by atoms with Crippen LogP contribution in [0.5, 0.6) is 0 Å². The first-order valence-corrected chi connectivity index (χ1v) is 8.55. The van der Waals surface area contributed by atoms with Gasteiger partial charge in [-0.05, 0) is 18.9 Å². The van der Waals surface area contributed by atoms with Crippen LogP contribution in [0, 0.1) is 0 Å². The maximum Gasteiger partial charge on any atom is 0.435 e. The van der Waals surface area contributed by atoms with E-state index in [-0.39, 0.29) is 6.04 Å². The number of hydrogen-bond donors (Lipinski definition) is 0. The van der Waals surface area contributed by atoms with Crippen LogP contribution in [0.3, 0.4) is 0 Å². The predicted octanol–water partition coefficient (Wildman–Crippen LogP) is 3.39. The molecule has 3 heterocycles. The van der Waals surface area contributed by atoms with Gasteiger partial charge in [0.25, 0.3) is 0 Å². The SMILES string of the molecule is CCCCCc1nc(-c2cc(C(F)(F)F)nn2C)n(C2CCOC2)n1. The summed E-state index contributed by atoms with van der Waals surface area (Å²) < 4.78 is 47.3. The van der Waals surface area contributed by atoms with Gasteiger partial charge in [-0.2, -0.15) is 23.4 Å². The summed E-state index contributed by atoms with van der Waals surface area (Å²) in [6, 6.07) is 1.03. The zero-order valence-corrected chi connectivity index (χ0v) is 14.4. The van der Waals surface area contributed by atoms with E-state index in [0.29, 0.717) is 37.0 Å². The molecule has 1 saturated heterocycles. The fraction of sp³-hybridized carbons (Fsp3) is 0.688. The molecule has 2 aromatic heterocycles. The van der Waals surface area contributed by atoms with Gasteiger partial charge in [0, 0.05) is 20.1 Å². The summed E-state index contributed by atoms with van der Waals surface area (Å²) in [5.74, 6) is 1.08. The summed E-state index contributed by atoms with van der Waals surface area (Å²) in [7, 11) is 1.49. The number of halogens is 3. The van der Waals surface area contributed by atoms with Gasteiger partial charge < -0.3 is 4.74 Å². The lowest BCUT2D eigenvalue weighted by atomic mass is 10.2. The molecule has 0 bridgehead atoms. The highest BCUT2D eigenvalue weighted by Crippen LogP contribution is 2.32. The summed E-state index contributed by atoms with van der Waals surface area (Å²) in [4.78, 5) is 4.52. The van der Waals surface area contributed by atoms with Gasteiger partial charge in [0.15, 0.2) is 17.3 Å². The minimum Gasteiger partial charge on any atom is -0.379 e. The number of rotatable bonds is 6. The van der Waals surface area contributed by atoms with Crippen LogP contribution in [0.4, 0.5) is 13.2 Å². The summed E-state index contributed by atoms with van der Waals surface area (Å²) >= 11 is 0. The molecule has 0 radical (unpaired) electrons. The first kappa shape index (κ1) is 17.9. The van der Waals surface area contributed by atoms with E-state index in [1.807, 2.05) is 0 Å². The first-order valence-electron chi connectivity index (χ1n) is 8.55. The molecule has 2 aromatic rings. The molecule has 6 nitrogen and oxygen atoms in total. The minimum atomic E-state index is -4.48. The first-order chi connectivity index (χ1) is 11.9. The van der Waals surface area contributed by atoms with E-state index in [1.165, 1.54) is 11.7 Å². The van der Waals surface area contributed by atoms with Crippen LogP contribution in [-0.4, -0.2) is 37.8 Å². The zero-order valence-electron chi connectivity index (χ0n) is 14.4. The number of unbranched alkanes of at least 4 members (excludes halogenated alkanes) is 2. The van der Waals surface area contributed by atoms with E-state index in [2.05, 4.69) is 22.1 Å². The Hall–Kier alpha value is -1.90. The lowest BCUT2D eigenvalue weighted by Gasteiger charge is -2.11. The Morgan fingerprint density at radius 1 is 1.28 bits per heavy atom. The topological polar surface area (TPSA) is 57.8 Å². The van der Waals surface area contributed by atoms with Crippen LogP contribution in [0.1, 0.15) is 50.2 Å². The van der Waals surface area contributed by atoms with Crippen LogP contribution >= 0.6 is 0 Å². The van der Waals surface area contributed by atoms with E-state index in [0.717, 1.165) is 31.7 Å². The summed E-state index contributed by atoms with van der Waals surface area (Å²) in [6.45, 7) is 3.23.